The van der Waals surface area contributed by atoms with Gasteiger partial charge in [0.25, 0.3) is 0 Å². The molecule has 0 bridgehead atoms. The summed E-state index contributed by atoms with van der Waals surface area (Å²) in [6.45, 7) is 0.888. The Morgan fingerprint density at radius 1 is 1.12 bits per heavy atom. The van der Waals surface area contributed by atoms with Crippen LogP contribution in [-0.4, -0.2) is 33.6 Å². The van der Waals surface area contributed by atoms with Gasteiger partial charge in [-0.3, -0.25) is 10.0 Å². The average molecular weight is 375 g/mol. The van der Waals surface area contributed by atoms with Gasteiger partial charge in [-0.1, -0.05) is 18.2 Å². The molecule has 1 aliphatic heterocycles. The average Bonchev–Trinajstić information content (AvgIpc) is 2.69. The van der Waals surface area contributed by atoms with Crippen molar-refractivity contribution in [3.05, 3.63) is 54.6 Å². The van der Waals surface area contributed by atoms with Crippen molar-refractivity contribution in [1.82, 2.24) is 5.48 Å². The van der Waals surface area contributed by atoms with Gasteiger partial charge in [-0.15, -0.1) is 0 Å². The second-order valence-electron chi connectivity index (χ2n) is 6.16. The maximum Gasteiger partial charge on any atom is 0.248 e. The highest BCUT2D eigenvalue weighted by Gasteiger charge is 2.46. The number of hydrogen-bond donors (Lipinski definition) is 2. The van der Waals surface area contributed by atoms with Crippen molar-refractivity contribution in [2.24, 2.45) is 0 Å². The van der Waals surface area contributed by atoms with Crippen LogP contribution in [0.4, 0.5) is 0 Å². The Morgan fingerprint density at radius 2 is 1.73 bits per heavy atom. The second kappa shape index (κ2) is 8.55. The normalized spacial score (nSPS) is 17.3. The van der Waals surface area contributed by atoms with Gasteiger partial charge in [-0.05, 0) is 47.6 Å². The fourth-order valence-corrected chi connectivity index (χ4v) is 4.69. The Bertz CT molecular complexity index is 716. The largest absolute Gasteiger partial charge is 0.611 e. The summed E-state index contributed by atoms with van der Waals surface area (Å²) in [5.41, 5.74) is 1.65. The van der Waals surface area contributed by atoms with Crippen molar-refractivity contribution in [3.8, 4) is 11.5 Å². The van der Waals surface area contributed by atoms with Crippen LogP contribution in [0.5, 0.6) is 11.5 Å². The van der Waals surface area contributed by atoms with E-state index < -0.39 is 21.8 Å². The number of carbonyl (C=O) groups is 1. The molecule has 1 unspecified atom stereocenters. The Labute approximate surface area is 155 Å². The lowest BCUT2D eigenvalue weighted by Gasteiger charge is -2.37. The summed E-state index contributed by atoms with van der Waals surface area (Å²) >= 11 is -1.41. The molecule has 138 valence electrons. The maximum absolute atomic E-state index is 13.2. The first-order chi connectivity index (χ1) is 12.6. The van der Waals surface area contributed by atoms with E-state index in [1.54, 1.807) is 29.7 Å². The molecule has 2 aromatic carbocycles. The molecular formula is C19H21NO5S. The zero-order valence-corrected chi connectivity index (χ0v) is 15.0. The summed E-state index contributed by atoms with van der Waals surface area (Å²) < 4.78 is 23.6. The number of nitrogens with one attached hydrogen (secondary N) is 1. The van der Waals surface area contributed by atoms with Gasteiger partial charge in [0.2, 0.25) is 5.91 Å². The molecule has 1 saturated heterocycles. The van der Waals surface area contributed by atoms with E-state index in [-0.39, 0.29) is 6.42 Å². The van der Waals surface area contributed by atoms with Crippen LogP contribution in [0, 0.1) is 0 Å². The zero-order chi connectivity index (χ0) is 18.4. The van der Waals surface area contributed by atoms with Crippen molar-refractivity contribution in [2.75, 3.05) is 13.2 Å². The number of benzene rings is 2. The first-order valence-corrected chi connectivity index (χ1v) is 9.53. The number of amides is 1. The van der Waals surface area contributed by atoms with Crippen molar-refractivity contribution >= 4 is 17.1 Å². The molecule has 3 rings (SSSR count). The molecule has 1 amide bonds. The van der Waals surface area contributed by atoms with Crippen LogP contribution < -0.4 is 10.2 Å². The van der Waals surface area contributed by atoms with Gasteiger partial charge >= 0.3 is 0 Å². The van der Waals surface area contributed by atoms with E-state index in [2.05, 4.69) is 0 Å². The summed E-state index contributed by atoms with van der Waals surface area (Å²) in [6.07, 6.45) is 0.979. The summed E-state index contributed by atoms with van der Waals surface area (Å²) in [6, 6.07) is 16.4. The van der Waals surface area contributed by atoms with Crippen LogP contribution in [0.15, 0.2) is 59.5 Å². The predicted molar refractivity (Wildman–Crippen MR) is 96.7 cm³/mol. The molecule has 0 radical (unpaired) electrons. The summed E-state index contributed by atoms with van der Waals surface area (Å²) in [5, 5.41) is 8.86. The molecule has 0 saturated carbocycles. The first-order valence-electron chi connectivity index (χ1n) is 8.38. The van der Waals surface area contributed by atoms with Gasteiger partial charge in [-0.25, -0.2) is 5.48 Å². The molecule has 0 aromatic heterocycles. The third-order valence-corrected chi connectivity index (χ3v) is 6.46. The molecule has 26 heavy (non-hydrogen) atoms. The number of hydrogen-bond acceptors (Lipinski definition) is 5. The minimum absolute atomic E-state index is 0.0122. The Kier molecular flexibility index (Phi) is 6.16. The smallest absolute Gasteiger partial charge is 0.248 e. The number of ether oxygens (including phenoxy) is 2. The van der Waals surface area contributed by atoms with Gasteiger partial charge < -0.3 is 14.0 Å². The Hall–Kier alpha value is -2.06. The fraction of sp³-hybridized carbons (Fsp3) is 0.316. The van der Waals surface area contributed by atoms with Crippen molar-refractivity contribution in [1.29, 1.82) is 0 Å². The van der Waals surface area contributed by atoms with E-state index in [0.717, 1.165) is 5.75 Å². The molecule has 7 heteroatoms. The topological polar surface area (TPSA) is 90.9 Å². The van der Waals surface area contributed by atoms with Crippen molar-refractivity contribution in [3.63, 3.8) is 0 Å². The Morgan fingerprint density at radius 3 is 2.35 bits per heavy atom. The summed E-state index contributed by atoms with van der Waals surface area (Å²) in [4.78, 5) is 12.3. The number of carbonyl (C=O) groups excluding carboxylic acids is 1. The minimum atomic E-state index is -1.41. The molecule has 1 fully saturated rings. The first kappa shape index (κ1) is 18.7. The summed E-state index contributed by atoms with van der Waals surface area (Å²) in [7, 11) is 0. The second-order valence-corrected chi connectivity index (χ2v) is 8.04. The molecule has 0 aliphatic carbocycles. The number of rotatable bonds is 6. The lowest BCUT2D eigenvalue weighted by molar-refractivity contribution is -0.130. The molecule has 2 aromatic rings. The molecule has 6 nitrogen and oxygen atoms in total. The number of hydroxylamine groups is 1. The van der Waals surface area contributed by atoms with E-state index in [1.807, 2.05) is 30.3 Å². The van der Waals surface area contributed by atoms with Crippen LogP contribution in [0.3, 0.4) is 0 Å². The van der Waals surface area contributed by atoms with E-state index in [0.29, 0.717) is 36.7 Å². The summed E-state index contributed by atoms with van der Waals surface area (Å²) in [5.74, 6) is 0.831. The quantitative estimate of drug-likeness (QED) is 0.460. The van der Waals surface area contributed by atoms with Crippen LogP contribution >= 0.6 is 0 Å². The SMILES string of the molecule is O=C(CC1([S+]([O-])c2ccc(Oc3ccccc3)cc2)CCOCC1)NO. The van der Waals surface area contributed by atoms with Crippen LogP contribution in [-0.2, 0) is 20.7 Å². The monoisotopic (exact) mass is 375 g/mol. The molecule has 2 N–H and O–H groups in total. The van der Waals surface area contributed by atoms with Crippen LogP contribution in [0.1, 0.15) is 19.3 Å². The van der Waals surface area contributed by atoms with E-state index in [4.69, 9.17) is 14.7 Å². The van der Waals surface area contributed by atoms with Crippen LogP contribution in [0.2, 0.25) is 0 Å². The van der Waals surface area contributed by atoms with Crippen molar-refractivity contribution in [2.45, 2.75) is 28.9 Å². The van der Waals surface area contributed by atoms with Gasteiger partial charge in [-0.2, -0.15) is 0 Å². The standard InChI is InChI=1S/C19H21NO5S/c21-18(20-22)14-19(10-12-24-13-11-19)26(23)17-8-6-16(7-9-17)25-15-4-2-1-3-5-15/h1-9,22H,10-14H2,(H,20,21). The minimum Gasteiger partial charge on any atom is -0.611 e. The molecular weight excluding hydrogens is 354 g/mol. The third kappa shape index (κ3) is 4.37. The van der Waals surface area contributed by atoms with Gasteiger partial charge in [0.05, 0.1) is 19.6 Å². The van der Waals surface area contributed by atoms with E-state index in [1.165, 1.54) is 0 Å². The Balaban J connectivity index is 1.76. The van der Waals surface area contributed by atoms with Crippen molar-refractivity contribution < 1.29 is 24.0 Å². The lowest BCUT2D eigenvalue weighted by Crippen LogP contribution is -2.47. The number of para-hydroxylation sites is 1. The zero-order valence-electron chi connectivity index (χ0n) is 14.2. The van der Waals surface area contributed by atoms with E-state index >= 15 is 0 Å². The van der Waals surface area contributed by atoms with Gasteiger partial charge in [0.15, 0.2) is 4.90 Å². The third-order valence-electron chi connectivity index (χ3n) is 4.42. The molecule has 1 heterocycles. The molecule has 1 aliphatic rings. The highest BCUT2D eigenvalue weighted by molar-refractivity contribution is 7.92. The fourth-order valence-electron chi connectivity index (χ4n) is 3.01. The van der Waals surface area contributed by atoms with E-state index in [9.17, 15) is 9.35 Å². The lowest BCUT2D eigenvalue weighted by atomic mass is 9.95. The predicted octanol–water partition coefficient (Wildman–Crippen LogP) is 3.03. The van der Waals surface area contributed by atoms with Gasteiger partial charge in [0.1, 0.15) is 16.2 Å². The molecule has 1 atom stereocenters. The maximum atomic E-state index is 13.2. The van der Waals surface area contributed by atoms with Gasteiger partial charge in [0, 0.05) is 12.8 Å². The molecule has 0 spiro atoms. The highest BCUT2D eigenvalue weighted by atomic mass is 32.2. The highest BCUT2D eigenvalue weighted by Crippen LogP contribution is 2.38. The van der Waals surface area contributed by atoms with Crippen LogP contribution in [0.25, 0.3) is 0 Å².